The molecule has 1 aliphatic rings. The third-order valence-corrected chi connectivity index (χ3v) is 1.77. The summed E-state index contributed by atoms with van der Waals surface area (Å²) in [6.07, 6.45) is 1.51. The fraction of sp³-hybridized carbons (Fsp3) is 0.500. The van der Waals surface area contributed by atoms with Gasteiger partial charge in [0.1, 0.15) is 5.41 Å². The second kappa shape index (κ2) is 2.19. The number of hydrogen-bond donors (Lipinski definition) is 0. The van der Waals surface area contributed by atoms with Crippen LogP contribution in [-0.2, 0) is 14.3 Å². The average molecular weight is 154 g/mol. The highest BCUT2D eigenvalue weighted by Crippen LogP contribution is 2.31. The molecule has 0 radical (unpaired) electrons. The number of ketones is 1. The molecule has 0 amide bonds. The lowest BCUT2D eigenvalue weighted by molar-refractivity contribution is -0.144. The van der Waals surface area contributed by atoms with Gasteiger partial charge in [-0.15, -0.1) is 0 Å². The molecular formula is C8H10O3. The smallest absolute Gasteiger partial charge is 0.325 e. The van der Waals surface area contributed by atoms with Crippen molar-refractivity contribution in [1.82, 2.24) is 0 Å². The normalized spacial score (nSPS) is 25.9. The maximum absolute atomic E-state index is 11.3. The van der Waals surface area contributed by atoms with E-state index in [4.69, 9.17) is 4.74 Å². The van der Waals surface area contributed by atoms with Gasteiger partial charge in [0.25, 0.3) is 0 Å². The molecule has 0 aromatic carbocycles. The van der Waals surface area contributed by atoms with Crippen LogP contribution in [0.4, 0.5) is 0 Å². The van der Waals surface area contributed by atoms with Crippen molar-refractivity contribution in [1.29, 1.82) is 0 Å². The van der Waals surface area contributed by atoms with Gasteiger partial charge in [0, 0.05) is 0 Å². The Morgan fingerprint density at radius 2 is 1.91 bits per heavy atom. The van der Waals surface area contributed by atoms with E-state index < -0.39 is 11.4 Å². The minimum absolute atomic E-state index is 0.167. The zero-order chi connectivity index (χ0) is 8.65. The molecule has 1 saturated heterocycles. The molecule has 0 unspecified atom stereocenters. The molecule has 1 heterocycles. The van der Waals surface area contributed by atoms with Gasteiger partial charge in [0.15, 0.2) is 5.76 Å². The van der Waals surface area contributed by atoms with Gasteiger partial charge < -0.3 is 4.74 Å². The van der Waals surface area contributed by atoms with Crippen molar-refractivity contribution in [3.05, 3.63) is 11.8 Å². The van der Waals surface area contributed by atoms with Gasteiger partial charge in [-0.2, -0.15) is 0 Å². The molecule has 0 aliphatic carbocycles. The SMILES string of the molecule is C/C=C1\OC(=O)C(C)(C)C1=O. The number of rotatable bonds is 0. The van der Waals surface area contributed by atoms with Crippen molar-refractivity contribution in [2.24, 2.45) is 5.41 Å². The quantitative estimate of drug-likeness (QED) is 0.297. The minimum Gasteiger partial charge on any atom is -0.422 e. The first kappa shape index (κ1) is 7.98. The number of allylic oxidation sites excluding steroid dienone is 2. The lowest BCUT2D eigenvalue weighted by Crippen LogP contribution is -2.25. The van der Waals surface area contributed by atoms with Crippen molar-refractivity contribution in [2.75, 3.05) is 0 Å². The molecule has 0 aromatic rings. The largest absolute Gasteiger partial charge is 0.422 e. The lowest BCUT2D eigenvalue weighted by Gasteiger charge is -2.05. The number of carbonyl (C=O) groups excluding carboxylic acids is 2. The summed E-state index contributed by atoms with van der Waals surface area (Å²) >= 11 is 0. The van der Waals surface area contributed by atoms with Crippen molar-refractivity contribution in [2.45, 2.75) is 20.8 Å². The third kappa shape index (κ3) is 0.964. The van der Waals surface area contributed by atoms with Gasteiger partial charge in [-0.1, -0.05) is 0 Å². The Morgan fingerprint density at radius 1 is 1.36 bits per heavy atom. The summed E-state index contributed by atoms with van der Waals surface area (Å²) in [4.78, 5) is 22.2. The molecule has 0 aromatic heterocycles. The molecule has 0 N–H and O–H groups in total. The fourth-order valence-electron chi connectivity index (χ4n) is 0.865. The summed E-state index contributed by atoms with van der Waals surface area (Å²) in [5.41, 5.74) is -0.984. The summed E-state index contributed by atoms with van der Waals surface area (Å²) in [6, 6.07) is 0. The van der Waals surface area contributed by atoms with Crippen LogP contribution in [0.3, 0.4) is 0 Å². The van der Waals surface area contributed by atoms with E-state index >= 15 is 0 Å². The number of hydrogen-bond acceptors (Lipinski definition) is 3. The molecule has 1 fully saturated rings. The van der Waals surface area contributed by atoms with Gasteiger partial charge in [0.05, 0.1) is 0 Å². The third-order valence-electron chi connectivity index (χ3n) is 1.77. The van der Waals surface area contributed by atoms with Gasteiger partial charge in [0.2, 0.25) is 5.78 Å². The van der Waals surface area contributed by atoms with Crippen molar-refractivity contribution >= 4 is 11.8 Å². The molecule has 11 heavy (non-hydrogen) atoms. The monoisotopic (exact) mass is 154 g/mol. The summed E-state index contributed by atoms with van der Waals surface area (Å²) in [5, 5.41) is 0. The minimum atomic E-state index is -0.984. The predicted octanol–water partition coefficient (Wildman–Crippen LogP) is 1.04. The maximum Gasteiger partial charge on any atom is 0.325 e. The Bertz CT molecular complexity index is 248. The van der Waals surface area contributed by atoms with Crippen LogP contribution in [0.2, 0.25) is 0 Å². The van der Waals surface area contributed by atoms with Crippen molar-refractivity contribution < 1.29 is 14.3 Å². The van der Waals surface area contributed by atoms with Gasteiger partial charge in [-0.25, -0.2) is 0 Å². The van der Waals surface area contributed by atoms with E-state index in [9.17, 15) is 9.59 Å². The van der Waals surface area contributed by atoms with Gasteiger partial charge in [-0.3, -0.25) is 9.59 Å². The van der Waals surface area contributed by atoms with Crippen LogP contribution < -0.4 is 0 Å². The summed E-state index contributed by atoms with van der Waals surface area (Å²) in [5.74, 6) is -0.527. The molecule has 3 nitrogen and oxygen atoms in total. The lowest BCUT2D eigenvalue weighted by atomic mass is 9.90. The number of ether oxygens (including phenoxy) is 1. The standard InChI is InChI=1S/C8H10O3/c1-4-5-6(9)8(2,3)7(10)11-5/h4H,1-3H3/b5-4-. The van der Waals surface area contributed by atoms with Crippen LogP contribution in [0.15, 0.2) is 11.8 Å². The first-order valence-electron chi connectivity index (χ1n) is 3.43. The first-order chi connectivity index (χ1) is 5.00. The molecule has 0 spiro atoms. The van der Waals surface area contributed by atoms with Crippen LogP contribution in [0, 0.1) is 5.41 Å². The van der Waals surface area contributed by atoms with E-state index in [-0.39, 0.29) is 11.5 Å². The highest BCUT2D eigenvalue weighted by Gasteiger charge is 2.47. The van der Waals surface area contributed by atoms with Crippen LogP contribution in [0.1, 0.15) is 20.8 Å². The Hall–Kier alpha value is -1.12. The van der Waals surface area contributed by atoms with Gasteiger partial charge in [-0.05, 0) is 26.8 Å². The Kier molecular flexibility index (Phi) is 1.59. The molecular weight excluding hydrogens is 144 g/mol. The van der Waals surface area contributed by atoms with E-state index in [1.165, 1.54) is 6.08 Å². The van der Waals surface area contributed by atoms with Crippen molar-refractivity contribution in [3.8, 4) is 0 Å². The zero-order valence-corrected chi connectivity index (χ0v) is 6.80. The van der Waals surface area contributed by atoms with E-state index in [0.29, 0.717) is 0 Å². The molecule has 0 atom stereocenters. The second-order valence-electron chi connectivity index (χ2n) is 3.00. The first-order valence-corrected chi connectivity index (χ1v) is 3.43. The maximum atomic E-state index is 11.3. The molecule has 0 saturated carbocycles. The number of cyclic esters (lactones) is 1. The van der Waals surface area contributed by atoms with E-state index in [0.717, 1.165) is 0 Å². The average Bonchev–Trinajstić information content (AvgIpc) is 2.14. The zero-order valence-electron chi connectivity index (χ0n) is 6.80. The second-order valence-corrected chi connectivity index (χ2v) is 3.00. The predicted molar refractivity (Wildman–Crippen MR) is 38.6 cm³/mol. The Morgan fingerprint density at radius 3 is 2.09 bits per heavy atom. The van der Waals surface area contributed by atoms with Crippen molar-refractivity contribution in [3.63, 3.8) is 0 Å². The van der Waals surface area contributed by atoms with E-state index in [2.05, 4.69) is 0 Å². The molecule has 0 bridgehead atoms. The Balaban J connectivity index is 3.08. The molecule has 60 valence electrons. The van der Waals surface area contributed by atoms with Crippen LogP contribution in [-0.4, -0.2) is 11.8 Å². The van der Waals surface area contributed by atoms with Gasteiger partial charge >= 0.3 is 5.97 Å². The molecule has 1 aliphatic heterocycles. The summed E-state index contributed by atoms with van der Waals surface area (Å²) in [7, 11) is 0. The topological polar surface area (TPSA) is 43.4 Å². The molecule has 3 heteroatoms. The highest BCUT2D eigenvalue weighted by atomic mass is 16.6. The molecule has 1 rings (SSSR count). The van der Waals surface area contributed by atoms with Crippen LogP contribution >= 0.6 is 0 Å². The number of esters is 1. The number of Topliss-reactive ketones (excluding diaryl/α,β-unsaturated/α-hetero) is 1. The van der Waals surface area contributed by atoms with E-state index in [1.807, 2.05) is 0 Å². The van der Waals surface area contributed by atoms with Crippen LogP contribution in [0.5, 0.6) is 0 Å². The van der Waals surface area contributed by atoms with Crippen LogP contribution in [0.25, 0.3) is 0 Å². The number of carbonyl (C=O) groups is 2. The fourth-order valence-corrected chi connectivity index (χ4v) is 0.865. The summed E-state index contributed by atoms with van der Waals surface area (Å²) < 4.78 is 4.71. The summed E-state index contributed by atoms with van der Waals surface area (Å²) in [6.45, 7) is 4.80. The van der Waals surface area contributed by atoms with E-state index in [1.54, 1.807) is 20.8 Å². The highest BCUT2D eigenvalue weighted by molar-refractivity contribution is 6.16. The Labute approximate surface area is 65.0 Å².